The first-order valence-corrected chi connectivity index (χ1v) is 6.30. The van der Waals surface area contributed by atoms with Gasteiger partial charge in [-0.1, -0.05) is 6.92 Å². The van der Waals surface area contributed by atoms with Crippen molar-refractivity contribution in [3.05, 3.63) is 0 Å². The minimum absolute atomic E-state index is 0.639. The quantitative estimate of drug-likeness (QED) is 0.522. The summed E-state index contributed by atoms with van der Waals surface area (Å²) in [6.07, 6.45) is 3.89. The average Bonchev–Trinajstić information content (AvgIpc) is 3.06. The van der Waals surface area contributed by atoms with E-state index in [0.717, 1.165) is 31.4 Å². The highest BCUT2D eigenvalue weighted by Gasteiger charge is 2.32. The van der Waals surface area contributed by atoms with E-state index in [4.69, 9.17) is 0 Å². The summed E-state index contributed by atoms with van der Waals surface area (Å²) in [6, 6.07) is 0.639. The summed E-state index contributed by atoms with van der Waals surface area (Å²) in [6.45, 7) is 4.13. The van der Waals surface area contributed by atoms with Crippen LogP contribution in [0, 0.1) is 5.92 Å². The highest BCUT2D eigenvalue weighted by Crippen LogP contribution is 2.34. The van der Waals surface area contributed by atoms with E-state index in [1.165, 1.54) is 12.8 Å². The number of hydrogen-bond donors (Lipinski definition) is 2. The third-order valence-corrected chi connectivity index (χ3v) is 3.07. The zero-order chi connectivity index (χ0) is 12.0. The van der Waals surface area contributed by atoms with Gasteiger partial charge in [0, 0.05) is 26.2 Å². The number of hydrogen-bond acceptors (Lipinski definition) is 2. The lowest BCUT2D eigenvalue weighted by Crippen LogP contribution is -2.46. The molecule has 4 nitrogen and oxygen atoms in total. The Kier molecular flexibility index (Phi) is 5.60. The standard InChI is InChI=1S/C12H26N4/c1-5-8-14-12(13-2)15-9-11(16(3)4)10-6-7-10/h10-11H,5-9H2,1-4H3,(H2,13,14,15). The number of rotatable bonds is 6. The fourth-order valence-corrected chi connectivity index (χ4v) is 1.92. The van der Waals surface area contributed by atoms with Crippen LogP contribution in [0.25, 0.3) is 0 Å². The van der Waals surface area contributed by atoms with E-state index >= 15 is 0 Å². The van der Waals surface area contributed by atoms with Gasteiger partial charge in [0.25, 0.3) is 0 Å². The van der Waals surface area contributed by atoms with Gasteiger partial charge < -0.3 is 15.5 Å². The smallest absolute Gasteiger partial charge is 0.191 e. The molecule has 0 aromatic rings. The zero-order valence-electron chi connectivity index (χ0n) is 11.1. The molecule has 0 saturated heterocycles. The molecule has 1 saturated carbocycles. The lowest BCUT2D eigenvalue weighted by atomic mass is 10.1. The highest BCUT2D eigenvalue weighted by atomic mass is 15.2. The van der Waals surface area contributed by atoms with Gasteiger partial charge in [0.15, 0.2) is 5.96 Å². The summed E-state index contributed by atoms with van der Waals surface area (Å²) in [5, 5.41) is 6.70. The second-order valence-electron chi connectivity index (χ2n) is 4.75. The first-order chi connectivity index (χ1) is 7.69. The van der Waals surface area contributed by atoms with Gasteiger partial charge in [-0.25, -0.2) is 0 Å². The molecule has 0 aromatic carbocycles. The molecule has 1 aliphatic carbocycles. The van der Waals surface area contributed by atoms with Crippen molar-refractivity contribution >= 4 is 5.96 Å². The van der Waals surface area contributed by atoms with Crippen molar-refractivity contribution in [2.75, 3.05) is 34.2 Å². The molecule has 4 heteroatoms. The van der Waals surface area contributed by atoms with Gasteiger partial charge in [-0.3, -0.25) is 4.99 Å². The molecule has 16 heavy (non-hydrogen) atoms. The maximum atomic E-state index is 4.21. The Balaban J connectivity index is 2.29. The first kappa shape index (κ1) is 13.3. The Bertz CT molecular complexity index is 219. The monoisotopic (exact) mass is 226 g/mol. The van der Waals surface area contributed by atoms with Crippen LogP contribution in [0.4, 0.5) is 0 Å². The minimum Gasteiger partial charge on any atom is -0.356 e. The number of aliphatic imine (C=N–C) groups is 1. The predicted molar refractivity (Wildman–Crippen MR) is 69.9 cm³/mol. The van der Waals surface area contributed by atoms with Crippen LogP contribution < -0.4 is 10.6 Å². The van der Waals surface area contributed by atoms with Gasteiger partial charge in [0.2, 0.25) is 0 Å². The molecule has 0 spiro atoms. The predicted octanol–water partition coefficient (Wildman–Crippen LogP) is 0.902. The molecule has 1 unspecified atom stereocenters. The second kappa shape index (κ2) is 6.74. The van der Waals surface area contributed by atoms with Crippen LogP contribution in [0.2, 0.25) is 0 Å². The van der Waals surface area contributed by atoms with Gasteiger partial charge >= 0.3 is 0 Å². The number of nitrogens with zero attached hydrogens (tertiary/aromatic N) is 2. The Morgan fingerprint density at radius 1 is 1.38 bits per heavy atom. The zero-order valence-corrected chi connectivity index (χ0v) is 11.1. The molecule has 0 heterocycles. The van der Waals surface area contributed by atoms with Crippen molar-refractivity contribution in [2.45, 2.75) is 32.2 Å². The van der Waals surface area contributed by atoms with Gasteiger partial charge in [0.05, 0.1) is 0 Å². The second-order valence-corrected chi connectivity index (χ2v) is 4.75. The molecular formula is C12H26N4. The molecule has 0 bridgehead atoms. The molecule has 1 atom stereocenters. The van der Waals surface area contributed by atoms with Crippen LogP contribution in [0.15, 0.2) is 4.99 Å². The third kappa shape index (κ3) is 4.39. The van der Waals surface area contributed by atoms with Crippen molar-refractivity contribution in [2.24, 2.45) is 10.9 Å². The largest absolute Gasteiger partial charge is 0.356 e. The SMILES string of the molecule is CCCNC(=NC)NCC(C1CC1)N(C)C. The van der Waals surface area contributed by atoms with E-state index in [1.54, 1.807) is 0 Å². The van der Waals surface area contributed by atoms with E-state index < -0.39 is 0 Å². The Labute approximate surface area is 99.5 Å². The topological polar surface area (TPSA) is 39.7 Å². The van der Waals surface area contributed by atoms with Crippen molar-refractivity contribution in [3.8, 4) is 0 Å². The molecule has 0 aliphatic heterocycles. The molecular weight excluding hydrogens is 200 g/mol. The molecule has 1 aliphatic rings. The van der Waals surface area contributed by atoms with Crippen LogP contribution in [0.1, 0.15) is 26.2 Å². The van der Waals surface area contributed by atoms with Crippen LogP contribution >= 0.6 is 0 Å². The fraction of sp³-hybridized carbons (Fsp3) is 0.917. The van der Waals surface area contributed by atoms with E-state index in [0.29, 0.717) is 6.04 Å². The summed E-state index contributed by atoms with van der Waals surface area (Å²) in [7, 11) is 6.15. The third-order valence-electron chi connectivity index (χ3n) is 3.07. The van der Waals surface area contributed by atoms with E-state index in [9.17, 15) is 0 Å². The van der Waals surface area contributed by atoms with Gasteiger partial charge in [-0.15, -0.1) is 0 Å². The Morgan fingerprint density at radius 2 is 2.06 bits per heavy atom. The lowest BCUT2D eigenvalue weighted by Gasteiger charge is -2.25. The molecule has 1 rings (SSSR count). The Hall–Kier alpha value is -0.770. The van der Waals surface area contributed by atoms with Crippen molar-refractivity contribution in [1.29, 1.82) is 0 Å². The molecule has 0 radical (unpaired) electrons. The molecule has 0 amide bonds. The maximum Gasteiger partial charge on any atom is 0.191 e. The summed E-state index contributed by atoms with van der Waals surface area (Å²) in [5.41, 5.74) is 0. The van der Waals surface area contributed by atoms with Gasteiger partial charge in [-0.2, -0.15) is 0 Å². The summed E-state index contributed by atoms with van der Waals surface area (Å²) in [5.74, 6) is 1.81. The summed E-state index contributed by atoms with van der Waals surface area (Å²) >= 11 is 0. The van der Waals surface area contributed by atoms with Crippen molar-refractivity contribution in [3.63, 3.8) is 0 Å². The number of nitrogens with one attached hydrogen (secondary N) is 2. The molecule has 2 N–H and O–H groups in total. The van der Waals surface area contributed by atoms with Gasteiger partial charge in [0.1, 0.15) is 0 Å². The first-order valence-electron chi connectivity index (χ1n) is 6.30. The number of likely N-dealkylation sites (N-methyl/N-ethyl adjacent to an activating group) is 1. The Morgan fingerprint density at radius 3 is 2.50 bits per heavy atom. The van der Waals surface area contributed by atoms with Crippen LogP contribution in [0.3, 0.4) is 0 Å². The summed E-state index contributed by atoms with van der Waals surface area (Å²) < 4.78 is 0. The molecule has 0 aromatic heterocycles. The highest BCUT2D eigenvalue weighted by molar-refractivity contribution is 5.79. The molecule has 94 valence electrons. The van der Waals surface area contributed by atoms with E-state index in [-0.39, 0.29) is 0 Å². The minimum atomic E-state index is 0.639. The van der Waals surface area contributed by atoms with Gasteiger partial charge in [-0.05, 0) is 39.3 Å². The normalized spacial score (nSPS) is 18.7. The van der Waals surface area contributed by atoms with Crippen LogP contribution in [-0.4, -0.2) is 51.1 Å². The van der Waals surface area contributed by atoms with Crippen LogP contribution in [-0.2, 0) is 0 Å². The van der Waals surface area contributed by atoms with Crippen LogP contribution in [0.5, 0.6) is 0 Å². The number of guanidine groups is 1. The van der Waals surface area contributed by atoms with E-state index in [2.05, 4.69) is 41.5 Å². The lowest BCUT2D eigenvalue weighted by molar-refractivity contribution is 0.264. The average molecular weight is 226 g/mol. The van der Waals surface area contributed by atoms with E-state index in [1.807, 2.05) is 7.05 Å². The maximum absolute atomic E-state index is 4.21. The summed E-state index contributed by atoms with van der Waals surface area (Å²) in [4.78, 5) is 6.53. The fourth-order valence-electron chi connectivity index (χ4n) is 1.92. The molecule has 1 fully saturated rings. The van der Waals surface area contributed by atoms with Crippen molar-refractivity contribution < 1.29 is 0 Å². The van der Waals surface area contributed by atoms with Crippen molar-refractivity contribution in [1.82, 2.24) is 15.5 Å².